The van der Waals surface area contributed by atoms with Gasteiger partial charge in [-0.25, -0.2) is 0 Å². The molecule has 1 N–H and O–H groups in total. The van der Waals surface area contributed by atoms with Crippen molar-refractivity contribution in [3.63, 3.8) is 0 Å². The van der Waals surface area contributed by atoms with Crippen molar-refractivity contribution in [2.45, 2.75) is 88.1 Å². The van der Waals surface area contributed by atoms with Crippen LogP contribution in [0.4, 0.5) is 5.69 Å². The highest BCUT2D eigenvalue weighted by atomic mass is 16.5. The van der Waals surface area contributed by atoms with Crippen molar-refractivity contribution in [2.24, 2.45) is 11.8 Å². The van der Waals surface area contributed by atoms with Gasteiger partial charge in [0.1, 0.15) is 17.4 Å². The predicted molar refractivity (Wildman–Crippen MR) is 182 cm³/mol. The second-order valence-corrected chi connectivity index (χ2v) is 13.9. The Labute approximate surface area is 283 Å². The Bertz CT molecular complexity index is 1570. The van der Waals surface area contributed by atoms with Crippen LogP contribution in [0.3, 0.4) is 0 Å². The maximum absolute atomic E-state index is 15.1. The van der Waals surface area contributed by atoms with E-state index in [9.17, 15) is 9.90 Å². The average Bonchev–Trinajstić information content (AvgIpc) is 3.41. The largest absolute Gasteiger partial charge is 0.494 e. The number of hydrogen-bond acceptors (Lipinski definition) is 6. The Morgan fingerprint density at radius 2 is 1.60 bits per heavy atom. The molecule has 6 atom stereocenters. The molecule has 2 aromatic carbocycles. The first-order valence-corrected chi connectivity index (χ1v) is 17.7. The van der Waals surface area contributed by atoms with Crippen LogP contribution in [0.2, 0.25) is 0 Å². The van der Waals surface area contributed by atoms with Crippen LogP contribution in [0, 0.1) is 11.8 Å². The van der Waals surface area contributed by atoms with Gasteiger partial charge >= 0.3 is 0 Å². The van der Waals surface area contributed by atoms with Crippen LogP contribution in [-0.4, -0.2) is 88.3 Å². The molecular formula is C39H47N3O6. The van der Waals surface area contributed by atoms with Crippen LogP contribution in [-0.2, 0) is 25.5 Å². The van der Waals surface area contributed by atoms with Crippen molar-refractivity contribution in [1.82, 2.24) is 9.80 Å². The van der Waals surface area contributed by atoms with Crippen molar-refractivity contribution >= 4 is 23.4 Å². The fraction of sp³-hybridized carbons (Fsp3) is 0.513. The highest BCUT2D eigenvalue weighted by molar-refractivity contribution is 6.04. The monoisotopic (exact) mass is 653 g/mol. The molecule has 0 radical (unpaired) electrons. The summed E-state index contributed by atoms with van der Waals surface area (Å²) in [7, 11) is 0. The maximum atomic E-state index is 15.1. The summed E-state index contributed by atoms with van der Waals surface area (Å²) < 4.78 is 12.8. The van der Waals surface area contributed by atoms with Gasteiger partial charge in [-0.15, -0.1) is 0 Å². The number of benzene rings is 2. The van der Waals surface area contributed by atoms with Crippen LogP contribution in [0.5, 0.6) is 5.75 Å². The number of carbonyl (C=O) groups excluding carboxylic acids is 3. The van der Waals surface area contributed by atoms with E-state index in [1.54, 1.807) is 9.80 Å². The van der Waals surface area contributed by atoms with Gasteiger partial charge in [0.25, 0.3) is 0 Å². The molecule has 1 unspecified atom stereocenters. The SMILES string of the molecule is CCOc1ccc(N2CC=C[C@@]3(CC)O[C@]45C=CCN(C6CCCCC6)C(=O)C4N([C@@H](CO)Cc4ccccc4)C(=O)[C@@H]5[C@H]3C2=O)cc1. The summed E-state index contributed by atoms with van der Waals surface area (Å²) in [5.41, 5.74) is -0.798. The number of rotatable bonds is 9. The van der Waals surface area contributed by atoms with Crippen LogP contribution < -0.4 is 9.64 Å². The molecular weight excluding hydrogens is 606 g/mol. The Morgan fingerprint density at radius 3 is 2.29 bits per heavy atom. The molecule has 3 amide bonds. The van der Waals surface area contributed by atoms with Crippen LogP contribution in [0.25, 0.3) is 0 Å². The summed E-state index contributed by atoms with van der Waals surface area (Å²) in [5.74, 6) is -1.78. The minimum absolute atomic E-state index is 0.0763. The van der Waals surface area contributed by atoms with E-state index in [-0.39, 0.29) is 30.4 Å². The molecule has 9 heteroatoms. The number of carbonyl (C=O) groups is 3. The summed E-state index contributed by atoms with van der Waals surface area (Å²) >= 11 is 0. The molecule has 3 fully saturated rings. The van der Waals surface area contributed by atoms with Gasteiger partial charge in [-0.2, -0.15) is 0 Å². The number of hydrogen-bond donors (Lipinski definition) is 1. The fourth-order valence-corrected chi connectivity index (χ4v) is 9.09. The molecule has 1 aliphatic carbocycles. The highest BCUT2D eigenvalue weighted by Crippen LogP contribution is 2.59. The van der Waals surface area contributed by atoms with E-state index in [0.29, 0.717) is 44.0 Å². The Balaban J connectivity index is 1.33. The van der Waals surface area contributed by atoms with E-state index < -0.39 is 35.1 Å². The normalized spacial score (nSPS) is 30.9. The fourth-order valence-electron chi connectivity index (χ4n) is 9.09. The zero-order chi connectivity index (χ0) is 33.5. The summed E-state index contributed by atoms with van der Waals surface area (Å²) in [6.07, 6.45) is 13.8. The summed E-state index contributed by atoms with van der Waals surface area (Å²) in [4.78, 5) is 50.3. The lowest BCUT2D eigenvalue weighted by molar-refractivity contribution is -0.157. The van der Waals surface area contributed by atoms with Crippen molar-refractivity contribution in [1.29, 1.82) is 0 Å². The Kier molecular flexibility index (Phi) is 8.94. The third kappa shape index (κ3) is 5.26. The molecule has 2 saturated heterocycles. The number of nitrogens with zero attached hydrogens (tertiary/aromatic N) is 3. The number of aliphatic hydroxyl groups excluding tert-OH is 1. The second kappa shape index (κ2) is 13.2. The van der Waals surface area contributed by atoms with E-state index in [4.69, 9.17) is 9.47 Å². The minimum Gasteiger partial charge on any atom is -0.494 e. The molecule has 4 heterocycles. The van der Waals surface area contributed by atoms with Crippen molar-refractivity contribution in [3.05, 3.63) is 84.5 Å². The van der Waals surface area contributed by atoms with E-state index in [1.807, 2.05) is 97.6 Å². The number of amides is 3. The van der Waals surface area contributed by atoms with E-state index in [0.717, 1.165) is 37.7 Å². The lowest BCUT2D eigenvalue weighted by Gasteiger charge is -2.42. The van der Waals surface area contributed by atoms with Gasteiger partial charge in [-0.05, 0) is 62.4 Å². The second-order valence-electron chi connectivity index (χ2n) is 13.9. The molecule has 4 aliphatic heterocycles. The summed E-state index contributed by atoms with van der Waals surface area (Å²) in [6.45, 7) is 4.87. The zero-order valence-corrected chi connectivity index (χ0v) is 28.0. The maximum Gasteiger partial charge on any atom is 0.249 e. The Hall–Kier alpha value is -3.95. The molecule has 254 valence electrons. The smallest absolute Gasteiger partial charge is 0.249 e. The molecule has 48 heavy (non-hydrogen) atoms. The lowest BCUT2D eigenvalue weighted by atomic mass is 9.73. The number of anilines is 1. The van der Waals surface area contributed by atoms with Gasteiger partial charge in [0.2, 0.25) is 17.7 Å². The molecule has 9 nitrogen and oxygen atoms in total. The third-order valence-corrected chi connectivity index (χ3v) is 11.3. The summed E-state index contributed by atoms with van der Waals surface area (Å²) in [5, 5.41) is 10.9. The topological polar surface area (TPSA) is 99.6 Å². The first-order valence-electron chi connectivity index (χ1n) is 17.7. The third-order valence-electron chi connectivity index (χ3n) is 11.3. The van der Waals surface area contributed by atoms with Gasteiger partial charge in [-0.1, -0.05) is 80.8 Å². The number of ether oxygens (including phenoxy) is 2. The first kappa shape index (κ1) is 32.6. The number of aliphatic hydroxyl groups is 1. The minimum atomic E-state index is -1.37. The van der Waals surface area contributed by atoms with E-state index in [2.05, 4.69) is 0 Å². The van der Waals surface area contributed by atoms with Crippen LogP contribution >= 0.6 is 0 Å². The average molecular weight is 654 g/mol. The standard InChI is InChI=1S/C39H47N3O6/c1-3-38-21-11-23-40(29-17-19-31(20-18-29)47-4-2)35(44)32(38)33-36(45)42(30(26-43)25-27-13-7-5-8-14-27)34-37(46)41(28-15-9-6-10-16-28)24-12-22-39(33,34)48-38/h5,7-8,11-14,17-22,28,30,32-34,43H,3-4,6,9-10,15-16,23-26H2,1-2H3/t30-,32+,33+,34?,38-,39+/m1/s1. The molecule has 5 aliphatic rings. The van der Waals surface area contributed by atoms with Crippen molar-refractivity contribution in [3.8, 4) is 5.75 Å². The Morgan fingerprint density at radius 1 is 0.875 bits per heavy atom. The molecule has 0 aromatic heterocycles. The quantitative estimate of drug-likeness (QED) is 0.395. The van der Waals surface area contributed by atoms with E-state index >= 15 is 9.59 Å². The predicted octanol–water partition coefficient (Wildman–Crippen LogP) is 4.68. The van der Waals surface area contributed by atoms with Crippen LogP contribution in [0.1, 0.15) is 57.9 Å². The summed E-state index contributed by atoms with van der Waals surface area (Å²) in [6, 6.07) is 15.6. The first-order chi connectivity index (χ1) is 23.4. The zero-order valence-electron chi connectivity index (χ0n) is 28.0. The molecule has 0 bridgehead atoms. The van der Waals surface area contributed by atoms with Crippen molar-refractivity contribution < 1.29 is 29.0 Å². The van der Waals surface area contributed by atoms with Gasteiger partial charge in [0, 0.05) is 24.8 Å². The number of likely N-dealkylation sites (tertiary alicyclic amines) is 1. The van der Waals surface area contributed by atoms with Crippen LogP contribution in [0.15, 0.2) is 78.9 Å². The van der Waals surface area contributed by atoms with E-state index in [1.165, 1.54) is 0 Å². The molecule has 7 rings (SSSR count). The molecule has 1 saturated carbocycles. The molecule has 1 spiro atoms. The van der Waals surface area contributed by atoms with Gasteiger partial charge in [0.15, 0.2) is 0 Å². The van der Waals surface area contributed by atoms with Crippen molar-refractivity contribution in [2.75, 3.05) is 31.2 Å². The van der Waals surface area contributed by atoms with Gasteiger partial charge in [0.05, 0.1) is 36.7 Å². The molecule has 2 aromatic rings. The highest BCUT2D eigenvalue weighted by Gasteiger charge is 2.76. The lowest BCUT2D eigenvalue weighted by Crippen LogP contribution is -2.60. The van der Waals surface area contributed by atoms with Gasteiger partial charge < -0.3 is 29.3 Å². The van der Waals surface area contributed by atoms with Gasteiger partial charge in [-0.3, -0.25) is 14.4 Å². The number of fused-ring (bicyclic) bond motifs is 2.